The predicted octanol–water partition coefficient (Wildman–Crippen LogP) is 1.62. The van der Waals surface area contributed by atoms with Gasteiger partial charge in [0.25, 0.3) is 10.0 Å². The van der Waals surface area contributed by atoms with Crippen molar-refractivity contribution < 1.29 is 12.8 Å². The van der Waals surface area contributed by atoms with Gasteiger partial charge < -0.3 is 5.73 Å². The molecule has 1 aromatic carbocycles. The fourth-order valence-corrected chi connectivity index (χ4v) is 3.31. The van der Waals surface area contributed by atoms with E-state index in [-0.39, 0.29) is 10.8 Å². The average molecular weight is 302 g/mol. The molecule has 0 radical (unpaired) electrons. The number of halogens is 1. The molecule has 0 amide bonds. The topological polar surface area (TPSA) is 98.0 Å². The van der Waals surface area contributed by atoms with Gasteiger partial charge in [0.1, 0.15) is 15.7 Å². The summed E-state index contributed by atoms with van der Waals surface area (Å²) in [6, 6.07) is 3.37. The van der Waals surface area contributed by atoms with Crippen molar-refractivity contribution in [2.45, 2.75) is 18.2 Å². The molecule has 0 unspecified atom stereocenters. The fraction of sp³-hybridized carbons (Fsp3) is 0.200. The Morgan fingerprint density at radius 3 is 2.74 bits per heavy atom. The molecule has 19 heavy (non-hydrogen) atoms. The summed E-state index contributed by atoms with van der Waals surface area (Å²) >= 11 is 1.10. The molecule has 0 saturated heterocycles. The molecule has 0 bridgehead atoms. The number of hydrogen-bond acceptors (Lipinski definition) is 6. The van der Waals surface area contributed by atoms with Gasteiger partial charge in [-0.3, -0.25) is 4.72 Å². The molecular weight excluding hydrogens is 291 g/mol. The number of nitrogens with one attached hydrogen (secondary N) is 1. The van der Waals surface area contributed by atoms with E-state index in [0.29, 0.717) is 11.4 Å². The van der Waals surface area contributed by atoms with Crippen LogP contribution in [0.1, 0.15) is 11.9 Å². The van der Waals surface area contributed by atoms with Crippen molar-refractivity contribution in [3.63, 3.8) is 0 Å². The first-order chi connectivity index (χ1) is 8.92. The Kier molecular flexibility index (Phi) is 3.67. The quantitative estimate of drug-likeness (QED) is 0.836. The first-order valence-electron chi connectivity index (χ1n) is 5.32. The van der Waals surface area contributed by atoms with Crippen molar-refractivity contribution in [1.29, 1.82) is 0 Å². The van der Waals surface area contributed by atoms with Gasteiger partial charge in [0.05, 0.1) is 0 Å². The van der Waals surface area contributed by atoms with Gasteiger partial charge in [-0.25, -0.2) is 12.8 Å². The van der Waals surface area contributed by atoms with E-state index in [1.165, 1.54) is 6.07 Å². The molecule has 0 saturated carbocycles. The highest BCUT2D eigenvalue weighted by molar-refractivity contribution is 7.93. The lowest BCUT2D eigenvalue weighted by atomic mass is 10.3. The molecule has 102 valence electrons. The minimum atomic E-state index is -4.03. The monoisotopic (exact) mass is 302 g/mol. The molecule has 1 aromatic heterocycles. The third kappa shape index (κ3) is 2.99. The number of aryl methyl sites for hydroxylation is 1. The van der Waals surface area contributed by atoms with Crippen LogP contribution in [0.2, 0.25) is 0 Å². The number of nitrogen functional groups attached to an aromatic ring is 1. The summed E-state index contributed by atoms with van der Waals surface area (Å²) in [5.74, 6) is -0.910. The molecule has 6 nitrogen and oxygen atoms in total. The molecule has 0 fully saturated rings. The number of nitrogens with two attached hydrogens (primary N) is 1. The summed E-state index contributed by atoms with van der Waals surface area (Å²) in [6.45, 7) is 1.87. The van der Waals surface area contributed by atoms with Gasteiger partial charge in [0, 0.05) is 5.69 Å². The second-order valence-corrected chi connectivity index (χ2v) is 6.36. The normalized spacial score (nSPS) is 11.5. The molecular formula is C10H11FN4O2S2. The maximum atomic E-state index is 13.6. The third-order valence-electron chi connectivity index (χ3n) is 2.24. The summed E-state index contributed by atoms with van der Waals surface area (Å²) in [4.78, 5) is -0.477. The summed E-state index contributed by atoms with van der Waals surface area (Å²) in [5, 5.41) is 8.25. The summed E-state index contributed by atoms with van der Waals surface area (Å²) < 4.78 is 39.7. The standard InChI is InChI=1S/C10H11FN4O2S2/c1-2-9-13-14-10(18-9)15-19(16,17)8-4-3-6(12)5-7(8)11/h3-5H,2,12H2,1H3,(H,14,15). The second-order valence-electron chi connectivity index (χ2n) is 3.65. The first-order valence-corrected chi connectivity index (χ1v) is 7.62. The maximum absolute atomic E-state index is 13.6. The number of rotatable bonds is 4. The van der Waals surface area contributed by atoms with Gasteiger partial charge in [-0.2, -0.15) is 0 Å². The Bertz CT molecular complexity index is 699. The Morgan fingerprint density at radius 1 is 1.42 bits per heavy atom. The summed E-state index contributed by atoms with van der Waals surface area (Å²) in [6.07, 6.45) is 0.648. The molecule has 0 spiro atoms. The Hall–Kier alpha value is -1.74. The van der Waals surface area contributed by atoms with E-state index < -0.39 is 20.7 Å². The van der Waals surface area contributed by atoms with Crippen LogP contribution in [-0.2, 0) is 16.4 Å². The van der Waals surface area contributed by atoms with Crippen molar-refractivity contribution in [1.82, 2.24) is 10.2 Å². The molecule has 0 aliphatic carbocycles. The molecule has 9 heteroatoms. The van der Waals surface area contributed by atoms with Crippen LogP contribution < -0.4 is 10.5 Å². The number of anilines is 2. The van der Waals surface area contributed by atoms with Crippen LogP contribution in [0.5, 0.6) is 0 Å². The number of benzene rings is 1. The molecule has 2 aromatic rings. The van der Waals surface area contributed by atoms with Gasteiger partial charge in [-0.15, -0.1) is 10.2 Å². The Balaban J connectivity index is 2.32. The van der Waals surface area contributed by atoms with Crippen LogP contribution in [0, 0.1) is 5.82 Å². The molecule has 1 heterocycles. The zero-order chi connectivity index (χ0) is 14.0. The number of nitrogens with zero attached hydrogens (tertiary/aromatic N) is 2. The number of sulfonamides is 1. The lowest BCUT2D eigenvalue weighted by Crippen LogP contribution is -2.14. The Labute approximate surface area is 113 Å². The minimum Gasteiger partial charge on any atom is -0.399 e. The van der Waals surface area contributed by atoms with E-state index in [1.807, 2.05) is 6.92 Å². The predicted molar refractivity (Wildman–Crippen MR) is 70.9 cm³/mol. The van der Waals surface area contributed by atoms with Crippen molar-refractivity contribution in [2.75, 3.05) is 10.5 Å². The highest BCUT2D eigenvalue weighted by Crippen LogP contribution is 2.22. The van der Waals surface area contributed by atoms with Crippen LogP contribution >= 0.6 is 11.3 Å². The van der Waals surface area contributed by atoms with Gasteiger partial charge >= 0.3 is 0 Å². The third-order valence-corrected chi connectivity index (χ3v) is 4.72. The molecule has 0 atom stereocenters. The van der Waals surface area contributed by atoms with Crippen LogP contribution in [-0.4, -0.2) is 18.6 Å². The van der Waals surface area contributed by atoms with Crippen molar-refractivity contribution in [2.24, 2.45) is 0 Å². The van der Waals surface area contributed by atoms with E-state index in [4.69, 9.17) is 5.73 Å². The van der Waals surface area contributed by atoms with Crippen molar-refractivity contribution in [3.8, 4) is 0 Å². The van der Waals surface area contributed by atoms with Crippen molar-refractivity contribution >= 4 is 32.2 Å². The average Bonchev–Trinajstić information content (AvgIpc) is 2.75. The summed E-state index contributed by atoms with van der Waals surface area (Å²) in [7, 11) is -4.03. The summed E-state index contributed by atoms with van der Waals surface area (Å²) in [5.41, 5.74) is 5.52. The molecule has 3 N–H and O–H groups in total. The Morgan fingerprint density at radius 2 is 2.16 bits per heavy atom. The lowest BCUT2D eigenvalue weighted by Gasteiger charge is -2.06. The van der Waals surface area contributed by atoms with E-state index in [2.05, 4.69) is 14.9 Å². The van der Waals surface area contributed by atoms with E-state index in [0.717, 1.165) is 23.5 Å². The lowest BCUT2D eigenvalue weighted by molar-refractivity contribution is 0.571. The van der Waals surface area contributed by atoms with E-state index in [9.17, 15) is 12.8 Å². The highest BCUT2D eigenvalue weighted by atomic mass is 32.2. The second kappa shape index (κ2) is 5.10. The molecule has 0 aliphatic rings. The zero-order valence-electron chi connectivity index (χ0n) is 9.92. The van der Waals surface area contributed by atoms with Crippen LogP contribution in [0.3, 0.4) is 0 Å². The van der Waals surface area contributed by atoms with Gasteiger partial charge in [0.15, 0.2) is 0 Å². The van der Waals surface area contributed by atoms with Gasteiger partial charge in [-0.05, 0) is 24.6 Å². The van der Waals surface area contributed by atoms with Crippen molar-refractivity contribution in [3.05, 3.63) is 29.0 Å². The first kappa shape index (κ1) is 13.7. The maximum Gasteiger partial charge on any atom is 0.266 e. The van der Waals surface area contributed by atoms with E-state index >= 15 is 0 Å². The largest absolute Gasteiger partial charge is 0.399 e. The van der Waals surface area contributed by atoms with Crippen LogP contribution in [0.15, 0.2) is 23.1 Å². The van der Waals surface area contributed by atoms with Gasteiger partial charge in [0.2, 0.25) is 5.13 Å². The number of hydrogen-bond donors (Lipinski definition) is 2. The van der Waals surface area contributed by atoms with Crippen LogP contribution in [0.25, 0.3) is 0 Å². The zero-order valence-corrected chi connectivity index (χ0v) is 11.6. The smallest absolute Gasteiger partial charge is 0.266 e. The molecule has 0 aliphatic heterocycles. The van der Waals surface area contributed by atoms with Gasteiger partial charge in [-0.1, -0.05) is 18.3 Å². The van der Waals surface area contributed by atoms with Crippen LogP contribution in [0.4, 0.5) is 15.2 Å². The SMILES string of the molecule is CCc1nnc(NS(=O)(=O)c2ccc(N)cc2F)s1. The number of aromatic nitrogens is 2. The minimum absolute atomic E-state index is 0.105. The molecule has 2 rings (SSSR count). The highest BCUT2D eigenvalue weighted by Gasteiger charge is 2.20. The van der Waals surface area contributed by atoms with E-state index in [1.54, 1.807) is 0 Å². The fourth-order valence-electron chi connectivity index (χ4n) is 1.34.